The zero-order valence-corrected chi connectivity index (χ0v) is 11.4. The van der Waals surface area contributed by atoms with Crippen LogP contribution in [0.2, 0.25) is 5.02 Å². The lowest BCUT2D eigenvalue weighted by Crippen LogP contribution is -2.50. The summed E-state index contributed by atoms with van der Waals surface area (Å²) in [4.78, 5) is 21.7. The molecule has 0 unspecified atom stereocenters. The average molecular weight is 270 g/mol. The van der Waals surface area contributed by atoms with E-state index in [9.17, 15) is 4.79 Å². The summed E-state index contributed by atoms with van der Waals surface area (Å²) in [5, 5.41) is 0.516. The van der Waals surface area contributed by atoms with Crippen LogP contribution in [-0.2, 0) is 4.74 Å². The van der Waals surface area contributed by atoms with Gasteiger partial charge in [0.1, 0.15) is 11.4 Å². The number of likely N-dealkylation sites (tertiary alicyclic amines) is 1. The molecule has 0 aliphatic carbocycles. The van der Waals surface area contributed by atoms with Gasteiger partial charge in [0.25, 0.3) is 0 Å². The highest BCUT2D eigenvalue weighted by atomic mass is 35.5. The molecule has 6 heteroatoms. The van der Waals surface area contributed by atoms with Crippen molar-refractivity contribution in [3.05, 3.63) is 23.2 Å². The molecule has 1 aromatic heterocycles. The largest absolute Gasteiger partial charge is 0.444 e. The summed E-state index contributed by atoms with van der Waals surface area (Å²) in [6.07, 6.45) is 2.85. The summed E-state index contributed by atoms with van der Waals surface area (Å²) in [6, 6.07) is 0. The second-order valence-corrected chi connectivity index (χ2v) is 5.78. The zero-order chi connectivity index (χ0) is 13.3. The van der Waals surface area contributed by atoms with Gasteiger partial charge in [-0.25, -0.2) is 14.8 Å². The summed E-state index contributed by atoms with van der Waals surface area (Å²) in [5.74, 6) is 0.897. The Balaban J connectivity index is 1.87. The van der Waals surface area contributed by atoms with Gasteiger partial charge in [-0.3, -0.25) is 0 Å². The molecule has 1 aliphatic rings. The number of hydrogen-bond acceptors (Lipinski definition) is 4. The number of nitrogens with zero attached hydrogens (tertiary/aromatic N) is 3. The highest BCUT2D eigenvalue weighted by Crippen LogP contribution is 2.26. The number of aromatic nitrogens is 2. The van der Waals surface area contributed by atoms with Crippen LogP contribution >= 0.6 is 11.6 Å². The topological polar surface area (TPSA) is 55.3 Å². The van der Waals surface area contributed by atoms with Gasteiger partial charge in [0.2, 0.25) is 0 Å². The number of carbonyl (C=O) groups excluding carboxylic acids is 1. The lowest BCUT2D eigenvalue weighted by molar-refractivity contribution is 0.00752. The van der Waals surface area contributed by atoms with Gasteiger partial charge >= 0.3 is 6.09 Å². The minimum Gasteiger partial charge on any atom is -0.444 e. The number of halogens is 1. The number of hydrogen-bond donors (Lipinski definition) is 0. The van der Waals surface area contributed by atoms with Crippen molar-refractivity contribution in [3.8, 4) is 0 Å². The maximum atomic E-state index is 11.7. The molecule has 1 fully saturated rings. The normalized spacial score (nSPS) is 16.3. The second kappa shape index (κ2) is 4.72. The van der Waals surface area contributed by atoms with Crippen LogP contribution in [-0.4, -0.2) is 39.7 Å². The van der Waals surface area contributed by atoms with E-state index in [1.165, 1.54) is 0 Å². The van der Waals surface area contributed by atoms with Gasteiger partial charge in [0.05, 0.1) is 10.9 Å². The standard InChI is InChI=1S/C12H16ClN3O2/c1-12(2,3)18-11(17)16-6-8(7-16)10-14-4-9(13)5-15-10/h4-5,8H,6-7H2,1-3H3. The Morgan fingerprint density at radius 3 is 2.44 bits per heavy atom. The van der Waals surface area contributed by atoms with Crippen LogP contribution < -0.4 is 0 Å². The van der Waals surface area contributed by atoms with E-state index in [0.717, 1.165) is 5.82 Å². The van der Waals surface area contributed by atoms with Crippen LogP contribution in [0.5, 0.6) is 0 Å². The summed E-state index contributed by atoms with van der Waals surface area (Å²) in [6.45, 7) is 6.74. The SMILES string of the molecule is CC(C)(C)OC(=O)N1CC(c2ncc(Cl)cn2)C1. The Morgan fingerprint density at radius 1 is 1.39 bits per heavy atom. The first-order chi connectivity index (χ1) is 8.35. The molecule has 0 N–H and O–H groups in total. The van der Waals surface area contributed by atoms with Crippen molar-refractivity contribution in [2.45, 2.75) is 32.3 Å². The fourth-order valence-corrected chi connectivity index (χ4v) is 1.75. The summed E-state index contributed by atoms with van der Waals surface area (Å²) in [7, 11) is 0. The molecule has 1 saturated heterocycles. The van der Waals surface area contributed by atoms with E-state index in [0.29, 0.717) is 18.1 Å². The monoisotopic (exact) mass is 269 g/mol. The molecule has 1 aromatic rings. The molecule has 2 heterocycles. The minimum atomic E-state index is -0.459. The smallest absolute Gasteiger partial charge is 0.410 e. The Labute approximate surface area is 111 Å². The average Bonchev–Trinajstić information content (AvgIpc) is 2.15. The Kier molecular flexibility index (Phi) is 3.43. The molecule has 0 atom stereocenters. The minimum absolute atomic E-state index is 0.176. The third-order valence-electron chi connectivity index (χ3n) is 2.54. The van der Waals surface area contributed by atoms with Crippen molar-refractivity contribution in [1.29, 1.82) is 0 Å². The van der Waals surface area contributed by atoms with Gasteiger partial charge in [-0.1, -0.05) is 11.6 Å². The van der Waals surface area contributed by atoms with Crippen molar-refractivity contribution in [2.75, 3.05) is 13.1 Å². The fourth-order valence-electron chi connectivity index (χ4n) is 1.65. The van der Waals surface area contributed by atoms with E-state index in [-0.39, 0.29) is 12.0 Å². The van der Waals surface area contributed by atoms with Crippen molar-refractivity contribution in [2.24, 2.45) is 0 Å². The van der Waals surface area contributed by atoms with E-state index >= 15 is 0 Å². The van der Waals surface area contributed by atoms with E-state index < -0.39 is 5.60 Å². The van der Waals surface area contributed by atoms with E-state index in [1.807, 2.05) is 20.8 Å². The second-order valence-electron chi connectivity index (χ2n) is 5.34. The highest BCUT2D eigenvalue weighted by Gasteiger charge is 2.35. The van der Waals surface area contributed by atoms with Gasteiger partial charge in [-0.2, -0.15) is 0 Å². The molecule has 5 nitrogen and oxygen atoms in total. The zero-order valence-electron chi connectivity index (χ0n) is 10.7. The lowest BCUT2D eigenvalue weighted by Gasteiger charge is -2.38. The molecule has 0 aromatic carbocycles. The van der Waals surface area contributed by atoms with Crippen LogP contribution in [0, 0.1) is 0 Å². The Bertz CT molecular complexity index is 436. The molecule has 1 aliphatic heterocycles. The molecule has 1 amide bonds. The molecule has 0 bridgehead atoms. The summed E-state index contributed by atoms with van der Waals surface area (Å²) < 4.78 is 5.27. The third-order valence-corrected chi connectivity index (χ3v) is 2.73. The van der Waals surface area contributed by atoms with E-state index in [1.54, 1.807) is 17.3 Å². The molecule has 0 radical (unpaired) electrons. The maximum Gasteiger partial charge on any atom is 0.410 e. The maximum absolute atomic E-state index is 11.7. The molecule has 0 spiro atoms. The first kappa shape index (κ1) is 13.1. The van der Waals surface area contributed by atoms with Crippen LogP contribution in [0.25, 0.3) is 0 Å². The predicted molar refractivity (Wildman–Crippen MR) is 67.6 cm³/mol. The van der Waals surface area contributed by atoms with Gasteiger partial charge in [0, 0.05) is 25.5 Å². The third kappa shape index (κ3) is 3.10. The Hall–Kier alpha value is -1.36. The Morgan fingerprint density at radius 2 is 1.94 bits per heavy atom. The highest BCUT2D eigenvalue weighted by molar-refractivity contribution is 6.30. The number of carbonyl (C=O) groups is 1. The first-order valence-electron chi connectivity index (χ1n) is 5.80. The van der Waals surface area contributed by atoms with E-state index in [2.05, 4.69) is 9.97 Å². The molecular formula is C12H16ClN3O2. The number of amides is 1. The van der Waals surface area contributed by atoms with Gasteiger partial charge in [-0.15, -0.1) is 0 Å². The predicted octanol–water partition coefficient (Wildman–Crippen LogP) is 2.46. The number of rotatable bonds is 1. The van der Waals surface area contributed by atoms with E-state index in [4.69, 9.17) is 16.3 Å². The van der Waals surface area contributed by atoms with Crippen LogP contribution in [0.4, 0.5) is 4.79 Å². The van der Waals surface area contributed by atoms with Crippen LogP contribution in [0.1, 0.15) is 32.5 Å². The summed E-state index contributed by atoms with van der Waals surface area (Å²) in [5.41, 5.74) is -0.459. The number of ether oxygens (including phenoxy) is 1. The molecule has 98 valence electrons. The van der Waals surface area contributed by atoms with Gasteiger partial charge < -0.3 is 9.64 Å². The van der Waals surface area contributed by atoms with Gasteiger partial charge in [0.15, 0.2) is 0 Å². The molecular weight excluding hydrogens is 254 g/mol. The fraction of sp³-hybridized carbons (Fsp3) is 0.583. The van der Waals surface area contributed by atoms with Crippen molar-refractivity contribution in [3.63, 3.8) is 0 Å². The molecule has 0 saturated carbocycles. The van der Waals surface area contributed by atoms with Crippen LogP contribution in [0.3, 0.4) is 0 Å². The van der Waals surface area contributed by atoms with Crippen molar-refractivity contribution < 1.29 is 9.53 Å². The van der Waals surface area contributed by atoms with Gasteiger partial charge in [-0.05, 0) is 20.8 Å². The lowest BCUT2D eigenvalue weighted by atomic mass is 10.00. The van der Waals surface area contributed by atoms with Crippen molar-refractivity contribution in [1.82, 2.24) is 14.9 Å². The first-order valence-corrected chi connectivity index (χ1v) is 6.18. The summed E-state index contributed by atoms with van der Waals surface area (Å²) >= 11 is 5.72. The van der Waals surface area contributed by atoms with Crippen molar-refractivity contribution >= 4 is 17.7 Å². The van der Waals surface area contributed by atoms with Crippen LogP contribution in [0.15, 0.2) is 12.4 Å². The molecule has 2 rings (SSSR count). The quantitative estimate of drug-likeness (QED) is 0.786. The molecule has 18 heavy (non-hydrogen) atoms.